The first-order valence-corrected chi connectivity index (χ1v) is 4.18. The van der Waals surface area contributed by atoms with Crippen molar-refractivity contribution < 1.29 is 0 Å². The van der Waals surface area contributed by atoms with Gasteiger partial charge in [-0.2, -0.15) is 0 Å². The van der Waals surface area contributed by atoms with Crippen LogP contribution in [0.5, 0.6) is 0 Å². The summed E-state index contributed by atoms with van der Waals surface area (Å²) in [7, 11) is 0. The van der Waals surface area contributed by atoms with Crippen molar-refractivity contribution in [2.24, 2.45) is 17.8 Å². The Morgan fingerprint density at radius 2 is 1.50 bits per heavy atom. The highest BCUT2D eigenvalue weighted by molar-refractivity contribution is 5.08. The zero-order valence-electron chi connectivity index (χ0n) is 6.27. The van der Waals surface area contributed by atoms with Crippen LogP contribution in [0.25, 0.3) is 0 Å². The van der Waals surface area contributed by atoms with E-state index in [-0.39, 0.29) is 0 Å². The molecule has 0 aromatic heterocycles. The minimum Gasteiger partial charge on any atom is -0.103 e. The lowest BCUT2D eigenvalue weighted by Crippen LogP contribution is -1.85. The maximum absolute atomic E-state index is 4.12. The van der Waals surface area contributed by atoms with Crippen LogP contribution in [0.2, 0.25) is 0 Å². The van der Waals surface area contributed by atoms with E-state index in [1.807, 2.05) is 0 Å². The zero-order valence-corrected chi connectivity index (χ0v) is 6.27. The first-order chi connectivity index (χ1) is 4.89. The lowest BCUT2D eigenvalue weighted by Gasteiger charge is -1.96. The summed E-state index contributed by atoms with van der Waals surface area (Å²) in [6.45, 7) is 4.12. The van der Waals surface area contributed by atoms with Crippen LogP contribution in [0.15, 0.2) is 0 Å². The minimum absolute atomic E-state index is 0.765. The highest BCUT2D eigenvalue weighted by atomic mass is 14.5. The summed E-state index contributed by atoms with van der Waals surface area (Å²) in [5, 5.41) is 0. The Labute approximate surface area is 63.0 Å². The Hall–Kier alpha value is -0.440. The molecule has 3 atom stereocenters. The summed E-state index contributed by atoms with van der Waals surface area (Å²) >= 11 is 0. The van der Waals surface area contributed by atoms with Crippen molar-refractivity contribution in [2.45, 2.75) is 25.7 Å². The van der Waals surface area contributed by atoms with Crippen molar-refractivity contribution >= 4 is 0 Å². The molecule has 0 spiro atoms. The van der Waals surface area contributed by atoms with Crippen LogP contribution in [0.4, 0.5) is 0 Å². The summed E-state index contributed by atoms with van der Waals surface area (Å²) in [5.41, 5.74) is 0. The zero-order chi connectivity index (χ0) is 6.97. The van der Waals surface area contributed by atoms with Gasteiger partial charge in [-0.05, 0) is 37.5 Å². The Morgan fingerprint density at radius 3 is 2.00 bits per heavy atom. The van der Waals surface area contributed by atoms with Crippen molar-refractivity contribution in [1.82, 2.24) is 0 Å². The predicted octanol–water partition coefficient (Wildman–Crippen LogP) is 2.26. The first-order valence-electron chi connectivity index (χ1n) is 4.18. The number of fused-ring (bicyclic) bond motifs is 1. The molecule has 0 amide bonds. The summed E-state index contributed by atoms with van der Waals surface area (Å²) in [5.74, 6) is 9.02. The van der Waals surface area contributed by atoms with Gasteiger partial charge in [-0.3, -0.25) is 0 Å². The SMILES string of the molecule is [CH2][C@H]1[C@H]2CCC#CCC[C@@H]12. The van der Waals surface area contributed by atoms with Crippen molar-refractivity contribution in [3.63, 3.8) is 0 Å². The van der Waals surface area contributed by atoms with E-state index >= 15 is 0 Å². The maximum atomic E-state index is 4.12. The van der Waals surface area contributed by atoms with Gasteiger partial charge in [0, 0.05) is 12.8 Å². The van der Waals surface area contributed by atoms with Crippen LogP contribution < -0.4 is 0 Å². The first kappa shape index (κ1) is 6.28. The van der Waals surface area contributed by atoms with E-state index in [9.17, 15) is 0 Å². The lowest BCUT2D eigenvalue weighted by molar-refractivity contribution is 0.618. The van der Waals surface area contributed by atoms with Gasteiger partial charge in [0.05, 0.1) is 0 Å². The fraction of sp³-hybridized carbons (Fsp3) is 0.700. The van der Waals surface area contributed by atoms with E-state index in [0.29, 0.717) is 0 Å². The topological polar surface area (TPSA) is 0 Å². The molecule has 2 aliphatic carbocycles. The lowest BCUT2D eigenvalue weighted by atomic mass is 10.1. The van der Waals surface area contributed by atoms with E-state index in [2.05, 4.69) is 18.8 Å². The van der Waals surface area contributed by atoms with Crippen LogP contribution in [0, 0.1) is 36.5 Å². The molecule has 0 unspecified atom stereocenters. The second-order valence-electron chi connectivity index (χ2n) is 3.42. The monoisotopic (exact) mass is 133 g/mol. The third-order valence-corrected chi connectivity index (χ3v) is 2.84. The molecule has 2 rings (SSSR count). The molecular weight excluding hydrogens is 120 g/mol. The molecule has 1 radical (unpaired) electrons. The smallest absolute Gasteiger partial charge is 0.00915 e. The molecule has 53 valence electrons. The largest absolute Gasteiger partial charge is 0.103 e. The van der Waals surface area contributed by atoms with E-state index in [1.165, 1.54) is 12.8 Å². The summed E-state index contributed by atoms with van der Waals surface area (Å²) < 4.78 is 0. The maximum Gasteiger partial charge on any atom is 0.00915 e. The molecule has 0 heterocycles. The highest BCUT2D eigenvalue weighted by Gasteiger charge is 2.44. The van der Waals surface area contributed by atoms with Crippen LogP contribution in [0.3, 0.4) is 0 Å². The molecule has 0 bridgehead atoms. The third-order valence-electron chi connectivity index (χ3n) is 2.84. The van der Waals surface area contributed by atoms with Gasteiger partial charge in [-0.25, -0.2) is 0 Å². The van der Waals surface area contributed by atoms with Gasteiger partial charge in [-0.1, -0.05) is 0 Å². The van der Waals surface area contributed by atoms with Crippen molar-refractivity contribution in [3.8, 4) is 11.8 Å². The van der Waals surface area contributed by atoms with Gasteiger partial charge in [0.25, 0.3) is 0 Å². The van der Waals surface area contributed by atoms with E-state index in [4.69, 9.17) is 0 Å². The van der Waals surface area contributed by atoms with E-state index < -0.39 is 0 Å². The molecule has 10 heavy (non-hydrogen) atoms. The molecule has 0 aliphatic heterocycles. The highest BCUT2D eigenvalue weighted by Crippen LogP contribution is 2.51. The van der Waals surface area contributed by atoms with E-state index in [0.717, 1.165) is 30.6 Å². The number of hydrogen-bond donors (Lipinski definition) is 0. The van der Waals surface area contributed by atoms with Gasteiger partial charge in [0.1, 0.15) is 0 Å². The molecule has 0 nitrogen and oxygen atoms in total. The second kappa shape index (κ2) is 2.31. The van der Waals surface area contributed by atoms with Crippen molar-refractivity contribution in [2.75, 3.05) is 0 Å². The Kier molecular flexibility index (Phi) is 1.45. The van der Waals surface area contributed by atoms with Gasteiger partial charge in [0.15, 0.2) is 0 Å². The van der Waals surface area contributed by atoms with Crippen molar-refractivity contribution in [3.05, 3.63) is 6.92 Å². The molecular formula is C10H13. The third kappa shape index (κ3) is 0.944. The molecule has 0 N–H and O–H groups in total. The summed E-state index contributed by atoms with van der Waals surface area (Å²) in [6.07, 6.45) is 4.86. The minimum atomic E-state index is 0.765. The summed E-state index contributed by atoms with van der Waals surface area (Å²) in [4.78, 5) is 0. The molecule has 1 fully saturated rings. The summed E-state index contributed by atoms with van der Waals surface area (Å²) in [6, 6.07) is 0. The van der Waals surface area contributed by atoms with Crippen molar-refractivity contribution in [1.29, 1.82) is 0 Å². The Morgan fingerprint density at radius 1 is 1.00 bits per heavy atom. The van der Waals surface area contributed by atoms with Gasteiger partial charge < -0.3 is 0 Å². The average Bonchev–Trinajstić information content (AvgIpc) is 2.39. The van der Waals surface area contributed by atoms with Gasteiger partial charge in [0.2, 0.25) is 0 Å². The molecule has 0 aromatic carbocycles. The van der Waals surface area contributed by atoms with E-state index in [1.54, 1.807) is 0 Å². The Balaban J connectivity index is 1.97. The predicted molar refractivity (Wildman–Crippen MR) is 42.1 cm³/mol. The fourth-order valence-electron chi connectivity index (χ4n) is 2.04. The molecule has 0 aromatic rings. The molecule has 0 heteroatoms. The van der Waals surface area contributed by atoms with Gasteiger partial charge in [-0.15, -0.1) is 11.8 Å². The van der Waals surface area contributed by atoms with Gasteiger partial charge >= 0.3 is 0 Å². The number of rotatable bonds is 0. The normalized spacial score (nSPS) is 43.9. The van der Waals surface area contributed by atoms with Crippen LogP contribution in [0.1, 0.15) is 25.7 Å². The van der Waals surface area contributed by atoms with Crippen LogP contribution in [-0.4, -0.2) is 0 Å². The molecule has 0 saturated heterocycles. The number of hydrogen-bond acceptors (Lipinski definition) is 0. The molecule has 1 saturated carbocycles. The van der Waals surface area contributed by atoms with Crippen LogP contribution >= 0.6 is 0 Å². The fourth-order valence-corrected chi connectivity index (χ4v) is 2.04. The average molecular weight is 133 g/mol. The standard InChI is InChI=1S/C10H13/c1-8-9-6-4-2-3-5-7-10(8)9/h8-10H,1,4-7H2/t8-,9+,10-. The van der Waals surface area contributed by atoms with Crippen LogP contribution in [-0.2, 0) is 0 Å². The Bertz CT molecular complexity index is 164. The quantitative estimate of drug-likeness (QED) is 0.445. The second-order valence-corrected chi connectivity index (χ2v) is 3.42. The molecule has 2 aliphatic rings.